The maximum atomic E-state index is 14.9. The van der Waals surface area contributed by atoms with Crippen LogP contribution in [0, 0.1) is 62.3 Å². The fourth-order valence-corrected chi connectivity index (χ4v) is 22.7. The first-order chi connectivity index (χ1) is 65.1. The van der Waals surface area contributed by atoms with E-state index in [4.69, 9.17) is 47.9 Å². The Hall–Kier alpha value is -8.85. The molecule has 6 aromatic carbocycles. The molecule has 0 amide bonds. The van der Waals surface area contributed by atoms with Crippen LogP contribution in [0.3, 0.4) is 0 Å². The average molecular weight is 2030 g/mol. The monoisotopic (exact) mass is 2020 g/mol. The van der Waals surface area contributed by atoms with Crippen LogP contribution in [0.5, 0.6) is 0 Å². The van der Waals surface area contributed by atoms with Gasteiger partial charge in [-0.2, -0.15) is 21.6 Å². The molecule has 0 spiro atoms. The number of hydrogen-bond donors (Lipinski definition) is 4. The number of carbonyl (C=O) groups is 3. The van der Waals surface area contributed by atoms with E-state index in [1.807, 2.05) is 69.3 Å². The van der Waals surface area contributed by atoms with Crippen molar-refractivity contribution >= 4 is 131 Å². The van der Waals surface area contributed by atoms with Gasteiger partial charge in [-0.25, -0.2) is 35.9 Å². The molecule has 18 nitrogen and oxygen atoms in total. The highest BCUT2D eigenvalue weighted by atomic mass is 35.5. The molecule has 2 saturated carbocycles. The lowest BCUT2D eigenvalue weighted by atomic mass is 9.75. The summed E-state index contributed by atoms with van der Waals surface area (Å²) in [5.41, 5.74) is 15.6. The number of aliphatic imine (C=N–C) groups is 2. The predicted molar refractivity (Wildman–Crippen MR) is 536 cm³/mol. The molecule has 0 aromatic heterocycles. The Morgan fingerprint density at radius 3 is 1.40 bits per heavy atom. The van der Waals surface area contributed by atoms with E-state index < -0.39 is 54.8 Å². The Kier molecular flexibility index (Phi) is 46.3. The van der Waals surface area contributed by atoms with Crippen LogP contribution in [0.4, 0.5) is 45.2 Å². The minimum atomic E-state index is -5.75. The first kappa shape index (κ1) is 113. The lowest BCUT2D eigenvalue weighted by molar-refractivity contribution is -0.385. The van der Waals surface area contributed by atoms with Crippen molar-refractivity contribution in [2.45, 2.75) is 274 Å². The van der Waals surface area contributed by atoms with Crippen LogP contribution >= 0.6 is 59.3 Å². The largest absolute Gasteiger partial charge is 0.534 e. The molecule has 0 radical (unpaired) electrons. The number of non-ortho nitro benzene ring substituents is 1. The third-order valence-corrected chi connectivity index (χ3v) is 29.8. The fourth-order valence-electron chi connectivity index (χ4n) is 18.9. The van der Waals surface area contributed by atoms with Crippen LogP contribution < -0.4 is 11.5 Å². The molecule has 9 aliphatic rings. The highest BCUT2D eigenvalue weighted by Crippen LogP contribution is 2.52. The van der Waals surface area contributed by atoms with Crippen LogP contribution in [0.2, 0.25) is 0 Å². The molecule has 748 valence electrons. The van der Waals surface area contributed by atoms with Crippen molar-refractivity contribution in [3.05, 3.63) is 252 Å². The number of nitrogens with zero attached hydrogens (tertiary/aromatic N) is 3. The van der Waals surface area contributed by atoms with Gasteiger partial charge in [0.1, 0.15) is 46.3 Å². The number of benzene rings is 6. The summed E-state index contributed by atoms with van der Waals surface area (Å²) in [5.74, 6) is 0.0333. The topological polar surface area (TPSA) is 286 Å². The number of carbonyl (C=O) groups excluding carboxylic acids is 3. The van der Waals surface area contributed by atoms with Crippen molar-refractivity contribution in [2.24, 2.45) is 33.3 Å². The molecular weight excluding hydrogens is 1900 g/mol. The fraction of sp³-hybridized carbons (Fsp3) is 0.500. The number of thioether (sulfide) groups is 3. The second-order valence-corrected chi connectivity index (χ2v) is 40.9. The molecule has 2 fully saturated rings. The summed E-state index contributed by atoms with van der Waals surface area (Å²) in [7, 11) is -3.31. The van der Waals surface area contributed by atoms with Crippen LogP contribution in [0.15, 0.2) is 183 Å². The van der Waals surface area contributed by atoms with E-state index in [1.54, 1.807) is 60.3 Å². The Morgan fingerprint density at radius 2 is 0.934 bits per heavy atom. The molecule has 2 aliphatic heterocycles. The normalized spacial score (nSPS) is 20.5. The van der Waals surface area contributed by atoms with E-state index in [0.717, 1.165) is 205 Å². The van der Waals surface area contributed by atoms with Gasteiger partial charge in [0.25, 0.3) is 5.69 Å². The number of aliphatic hydroxyl groups is 1. The van der Waals surface area contributed by atoms with Gasteiger partial charge in [-0.3, -0.25) is 30.3 Å². The minimum Gasteiger partial charge on any atom is -0.466 e. The lowest BCUT2D eigenvalue weighted by Crippen LogP contribution is -2.40. The number of alkyl halides is 4. The zero-order chi connectivity index (χ0) is 98.6. The Bertz CT molecular complexity index is 5360. The number of nitro benzene ring substituents is 1. The number of methoxy groups -OCH3 is 2. The van der Waals surface area contributed by atoms with Crippen LogP contribution in [-0.4, -0.2) is 107 Å². The summed E-state index contributed by atoms with van der Waals surface area (Å²) in [4.78, 5) is 56.0. The van der Waals surface area contributed by atoms with E-state index in [1.165, 1.54) is 117 Å². The quantitative estimate of drug-likeness (QED) is 0.00630. The van der Waals surface area contributed by atoms with Crippen molar-refractivity contribution in [1.82, 2.24) is 0 Å². The Morgan fingerprint density at radius 1 is 0.533 bits per heavy atom. The first-order valence-corrected chi connectivity index (χ1v) is 52.0. The number of aliphatic hydroxyl groups excluding tert-OH is 1. The summed E-state index contributed by atoms with van der Waals surface area (Å²) in [6.07, 6.45) is 32.3. The van der Waals surface area contributed by atoms with E-state index >= 15 is 0 Å². The molecule has 4 atom stereocenters. The van der Waals surface area contributed by atoms with Crippen molar-refractivity contribution in [3.8, 4) is 0 Å². The number of nitrogens with two attached hydrogens (primary N) is 2. The van der Waals surface area contributed by atoms with Crippen molar-refractivity contribution in [2.75, 3.05) is 44.0 Å². The molecule has 15 rings (SSSR count). The molecule has 7 aliphatic carbocycles. The third-order valence-electron chi connectivity index (χ3n) is 25.6. The summed E-state index contributed by atoms with van der Waals surface area (Å²) in [5, 5.41) is 29.3. The van der Waals surface area contributed by atoms with Crippen LogP contribution in [-0.2, 0) is 54.0 Å². The zero-order valence-electron chi connectivity index (χ0n) is 78.7. The van der Waals surface area contributed by atoms with E-state index in [2.05, 4.69) is 8.92 Å². The minimum absolute atomic E-state index is 0. The predicted octanol–water partition coefficient (Wildman–Crippen LogP) is 27.9. The molecule has 6 N–H and O–H groups in total. The standard InChI is InChI=1S/C21H27FN2O4S.2C15H19FN2S.C15H17FO2.C14H16ClF.C14H17FO.C10H13F3O5S.ClH/c1-20(2,3)28-19(25)12-18-23-21(10-6-4-5-7-14(21)13-29-18)16-11-15(24(26)27)8-9-17(16)22;16-13-8-4-3-7-12(13)15-9-5-1-2-6-11(15)10-19-14(17)18-15;16-14-9-5-4-8-13(14)12-7-3-1-2-6-11(12)10-19-15(17)18;1-18-15(17)13-9-4-2-3-7-11(13)12-8-5-6-10-14(12)16;15-10-11-6-2-1-3-7-12(11)13-8-4-5-9-14(13)16;15-14-9-5-4-8-13(14)12-7-3-1-2-6-11(12)10-16;1-17-9(14)7-5-3-2-4-6-8(7)18-19(15,16)10(11,12)13;/h8-9,11,14H,4-7,10,12-13H2,1-3H3;3-4,7-8,11H,1-2,5-6,9-10H2,(H2,17,18);4-5,8-9H,1-3,6-7,10H2,(H3,17,18);5-6,8,10H,2-4,7,9H2,1H3;4-5,8-9H,1-3,6-7,10H2;4-5,8-9,16H,1-3,6-7,10H2;2-6H2,1H3;1H/t14-,21-;11-,15-;;;;;;/m00....../s1. The number of rotatable bonds is 17. The average Bonchev–Trinajstić information content (AvgIpc) is 1.75. The Balaban J connectivity index is 0.000000198. The summed E-state index contributed by atoms with van der Waals surface area (Å²) < 4.78 is 162. The highest BCUT2D eigenvalue weighted by Gasteiger charge is 2.50. The second-order valence-electron chi connectivity index (χ2n) is 35.9. The highest BCUT2D eigenvalue weighted by molar-refractivity contribution is 8.14. The second kappa shape index (κ2) is 56.0. The van der Waals surface area contributed by atoms with Gasteiger partial charge in [0.05, 0.1) is 53.9 Å². The van der Waals surface area contributed by atoms with Crippen LogP contribution in [0.1, 0.15) is 285 Å². The molecule has 6 aromatic rings. The molecule has 33 heteroatoms. The number of ether oxygens (including phenoxy) is 3. The van der Waals surface area contributed by atoms with Gasteiger partial charge < -0.3 is 35.0 Å². The third kappa shape index (κ3) is 33.1. The van der Waals surface area contributed by atoms with E-state index in [9.17, 15) is 77.5 Å². The Labute approximate surface area is 824 Å². The summed E-state index contributed by atoms with van der Waals surface area (Å²) in [6.45, 7) is 5.48. The molecule has 137 heavy (non-hydrogen) atoms. The lowest BCUT2D eigenvalue weighted by Gasteiger charge is -2.40. The molecule has 0 unspecified atom stereocenters. The number of nitro groups is 1. The number of halogens is 11. The molecule has 0 bridgehead atoms. The van der Waals surface area contributed by atoms with Gasteiger partial charge in [-0.05, 0) is 245 Å². The van der Waals surface area contributed by atoms with E-state index in [0.29, 0.717) is 82.3 Å². The van der Waals surface area contributed by atoms with Gasteiger partial charge in [-0.15, -0.1) is 35.8 Å². The zero-order valence-corrected chi connectivity index (χ0v) is 83.5. The molecule has 2 heterocycles. The van der Waals surface area contributed by atoms with Gasteiger partial charge >= 0.3 is 33.5 Å². The smallest absolute Gasteiger partial charge is 0.466 e. The first-order valence-electron chi connectivity index (χ1n) is 47.1. The van der Waals surface area contributed by atoms with Gasteiger partial charge in [0, 0.05) is 80.6 Å². The van der Waals surface area contributed by atoms with Crippen molar-refractivity contribution < 1.29 is 90.7 Å². The van der Waals surface area contributed by atoms with Crippen LogP contribution in [0.25, 0.3) is 22.3 Å². The number of amidine groups is 2. The van der Waals surface area contributed by atoms with Gasteiger partial charge in [0.2, 0.25) is 0 Å². The summed E-state index contributed by atoms with van der Waals surface area (Å²) >= 11 is 10.4. The number of nitrogens with one attached hydrogen (secondary N) is 1. The number of fused-ring (bicyclic) bond motifs is 2. The molecular formula is C104H129Cl2F9N6O12S4. The summed E-state index contributed by atoms with van der Waals surface area (Å²) in [6, 6.07) is 38.2. The van der Waals surface area contributed by atoms with E-state index in [-0.39, 0.29) is 107 Å². The van der Waals surface area contributed by atoms with Crippen molar-refractivity contribution in [3.63, 3.8) is 0 Å². The molecule has 0 saturated heterocycles. The number of esters is 3. The number of allylic oxidation sites excluding steroid dienone is 6. The maximum Gasteiger partial charge on any atom is 0.534 e. The van der Waals surface area contributed by atoms with Crippen molar-refractivity contribution in [1.29, 1.82) is 5.41 Å². The number of hydrogen-bond acceptors (Lipinski definition) is 19. The maximum absolute atomic E-state index is 14.9. The van der Waals surface area contributed by atoms with Gasteiger partial charge in [-0.1, -0.05) is 196 Å². The van der Waals surface area contributed by atoms with Gasteiger partial charge in [0.15, 0.2) is 10.3 Å². The SMILES string of the molecule is CC(C)(C)OC(=O)CC1=N[C@@]2(c3cc([N+](=O)[O-])ccc3F)CCCCC[C@H]2CS1.COC(=O)C1=C(OS(=O)(=O)C(F)(F)F)CCCCC1.COC(=O)C1=C(c2ccccc2F)CCCCC1.Cl.Fc1ccccc1C1=C(CCl)CCCCC1.N=C(N)SCC1=C(c2ccccc2F)CCCCC1.NC1=N[C@@]2(c3ccccc3F)CCCCC[C@H]2CS1.OCC1=C(c2ccccc2F)CCCCC1.